The van der Waals surface area contributed by atoms with Crippen LogP contribution in [0.15, 0.2) is 24.3 Å². The van der Waals surface area contributed by atoms with Gasteiger partial charge in [-0.15, -0.1) is 11.3 Å². The zero-order chi connectivity index (χ0) is 12.4. The Morgan fingerprint density at radius 3 is 2.59 bits per heavy atom. The van der Waals surface area contributed by atoms with Gasteiger partial charge in [0.05, 0.1) is 28.3 Å². The van der Waals surface area contributed by atoms with Crippen molar-refractivity contribution in [1.29, 1.82) is 0 Å². The first-order valence-corrected chi connectivity index (χ1v) is 6.07. The second-order valence-corrected chi connectivity index (χ2v) is 4.88. The molecule has 0 aliphatic rings. The van der Waals surface area contributed by atoms with Crippen LogP contribution in [0.5, 0.6) is 5.75 Å². The molecule has 17 heavy (non-hydrogen) atoms. The number of ether oxygens (including phenoxy) is 1. The highest BCUT2D eigenvalue weighted by atomic mass is 32.1. The minimum Gasteiger partial charge on any atom is -0.496 e. The second kappa shape index (κ2) is 4.67. The van der Waals surface area contributed by atoms with Crippen molar-refractivity contribution in [2.75, 3.05) is 7.11 Å². The van der Waals surface area contributed by atoms with Crippen LogP contribution in [0.3, 0.4) is 0 Å². The smallest absolute Gasteiger partial charge is 0.208 e. The number of para-hydroxylation sites is 1. The molecule has 0 atom stereocenters. The molecule has 0 saturated heterocycles. The van der Waals surface area contributed by atoms with E-state index in [9.17, 15) is 4.79 Å². The highest BCUT2D eigenvalue weighted by molar-refractivity contribution is 7.14. The van der Waals surface area contributed by atoms with Gasteiger partial charge >= 0.3 is 0 Å². The van der Waals surface area contributed by atoms with Crippen LogP contribution < -0.4 is 4.74 Å². The molecule has 1 aromatic heterocycles. The Morgan fingerprint density at radius 1 is 1.29 bits per heavy atom. The maximum atomic E-state index is 12.4. The van der Waals surface area contributed by atoms with E-state index < -0.39 is 0 Å². The lowest BCUT2D eigenvalue weighted by molar-refractivity contribution is 0.103. The average Bonchev–Trinajstić information content (AvgIpc) is 2.67. The number of carbonyl (C=O) groups excluding carboxylic acids is 1. The SMILES string of the molecule is COc1ccccc1C(=O)c1sc(C)nc1C. The van der Waals surface area contributed by atoms with Crippen LogP contribution in [-0.2, 0) is 0 Å². The Morgan fingerprint density at radius 2 is 2.00 bits per heavy atom. The second-order valence-electron chi connectivity index (χ2n) is 3.68. The van der Waals surface area contributed by atoms with E-state index in [0.717, 1.165) is 10.7 Å². The van der Waals surface area contributed by atoms with Gasteiger partial charge in [0, 0.05) is 0 Å². The zero-order valence-electron chi connectivity index (χ0n) is 9.98. The summed E-state index contributed by atoms with van der Waals surface area (Å²) in [4.78, 5) is 17.3. The quantitative estimate of drug-likeness (QED) is 0.783. The standard InChI is InChI=1S/C13H13NO2S/c1-8-13(17-9(2)14-8)12(15)10-6-4-5-7-11(10)16-3/h4-7H,1-3H3. The molecule has 1 heterocycles. The Hall–Kier alpha value is -1.68. The zero-order valence-corrected chi connectivity index (χ0v) is 10.8. The fraction of sp³-hybridized carbons (Fsp3) is 0.231. The minimum atomic E-state index is -0.0226. The molecule has 4 heteroatoms. The first kappa shape index (κ1) is 11.8. The lowest BCUT2D eigenvalue weighted by Crippen LogP contribution is -2.03. The molecule has 2 aromatic rings. The number of ketones is 1. The molecule has 0 aliphatic carbocycles. The van der Waals surface area contributed by atoms with E-state index >= 15 is 0 Å². The summed E-state index contributed by atoms with van der Waals surface area (Å²) < 4.78 is 5.20. The van der Waals surface area contributed by atoms with Crippen molar-refractivity contribution < 1.29 is 9.53 Å². The third-order valence-corrected chi connectivity index (χ3v) is 3.53. The molecule has 0 saturated carbocycles. The number of hydrogen-bond acceptors (Lipinski definition) is 4. The summed E-state index contributed by atoms with van der Waals surface area (Å²) in [6.45, 7) is 3.75. The van der Waals surface area contributed by atoms with E-state index in [1.54, 1.807) is 19.2 Å². The van der Waals surface area contributed by atoms with Crippen molar-refractivity contribution in [3.63, 3.8) is 0 Å². The van der Waals surface area contributed by atoms with Gasteiger partial charge in [-0.3, -0.25) is 4.79 Å². The third-order valence-electron chi connectivity index (χ3n) is 2.46. The fourth-order valence-corrected chi connectivity index (χ4v) is 2.57. The number of nitrogens with zero attached hydrogens (tertiary/aromatic N) is 1. The van der Waals surface area contributed by atoms with Crippen molar-refractivity contribution in [2.24, 2.45) is 0 Å². The van der Waals surface area contributed by atoms with E-state index in [1.807, 2.05) is 26.0 Å². The van der Waals surface area contributed by atoms with Crippen molar-refractivity contribution >= 4 is 17.1 Å². The monoisotopic (exact) mass is 247 g/mol. The van der Waals surface area contributed by atoms with E-state index in [-0.39, 0.29) is 5.78 Å². The Bertz CT molecular complexity index is 560. The number of aromatic nitrogens is 1. The Labute approximate surface area is 104 Å². The summed E-state index contributed by atoms with van der Waals surface area (Å²) >= 11 is 1.42. The summed E-state index contributed by atoms with van der Waals surface area (Å²) in [5.74, 6) is 0.577. The lowest BCUT2D eigenvalue weighted by Gasteiger charge is -2.05. The van der Waals surface area contributed by atoms with Gasteiger partial charge in [0.25, 0.3) is 0 Å². The minimum absolute atomic E-state index is 0.0226. The van der Waals surface area contributed by atoms with Crippen LogP contribution in [0.1, 0.15) is 25.9 Å². The lowest BCUT2D eigenvalue weighted by atomic mass is 10.1. The van der Waals surface area contributed by atoms with Crippen LogP contribution >= 0.6 is 11.3 Å². The molecule has 0 N–H and O–H groups in total. The number of rotatable bonds is 3. The van der Waals surface area contributed by atoms with Crippen LogP contribution in [0, 0.1) is 13.8 Å². The molecular weight excluding hydrogens is 234 g/mol. The third kappa shape index (κ3) is 2.22. The number of benzene rings is 1. The van der Waals surface area contributed by atoms with Gasteiger partial charge in [0.2, 0.25) is 5.78 Å². The van der Waals surface area contributed by atoms with E-state index in [1.165, 1.54) is 11.3 Å². The first-order valence-electron chi connectivity index (χ1n) is 5.25. The normalized spacial score (nSPS) is 10.3. The van der Waals surface area contributed by atoms with Crippen LogP contribution in [-0.4, -0.2) is 17.9 Å². The van der Waals surface area contributed by atoms with Gasteiger partial charge in [-0.2, -0.15) is 0 Å². The molecule has 0 unspecified atom stereocenters. The van der Waals surface area contributed by atoms with Crippen LogP contribution in [0.25, 0.3) is 0 Å². The van der Waals surface area contributed by atoms with Crippen molar-refractivity contribution in [2.45, 2.75) is 13.8 Å². The van der Waals surface area contributed by atoms with Gasteiger partial charge < -0.3 is 4.74 Å². The predicted octanol–water partition coefficient (Wildman–Crippen LogP) is 3.00. The van der Waals surface area contributed by atoms with Crippen LogP contribution in [0.2, 0.25) is 0 Å². The predicted molar refractivity (Wildman–Crippen MR) is 68.0 cm³/mol. The number of thiazole rings is 1. The number of hydrogen-bond donors (Lipinski definition) is 0. The number of aryl methyl sites for hydroxylation is 2. The summed E-state index contributed by atoms with van der Waals surface area (Å²) in [5.41, 5.74) is 1.37. The van der Waals surface area contributed by atoms with Gasteiger partial charge in [-0.05, 0) is 26.0 Å². The van der Waals surface area contributed by atoms with Crippen molar-refractivity contribution in [1.82, 2.24) is 4.98 Å². The molecule has 0 radical (unpaired) electrons. The largest absolute Gasteiger partial charge is 0.496 e. The van der Waals surface area contributed by atoms with Gasteiger partial charge in [0.1, 0.15) is 5.75 Å². The fourth-order valence-electron chi connectivity index (χ4n) is 1.70. The summed E-state index contributed by atoms with van der Waals surface area (Å²) in [6.07, 6.45) is 0. The molecule has 3 nitrogen and oxygen atoms in total. The highest BCUT2D eigenvalue weighted by Gasteiger charge is 2.18. The highest BCUT2D eigenvalue weighted by Crippen LogP contribution is 2.25. The molecule has 0 amide bonds. The van der Waals surface area contributed by atoms with Crippen LogP contribution in [0.4, 0.5) is 0 Å². The molecule has 1 aromatic carbocycles. The van der Waals surface area contributed by atoms with Gasteiger partial charge in [-0.1, -0.05) is 12.1 Å². The molecule has 0 fully saturated rings. The topological polar surface area (TPSA) is 39.2 Å². The molecule has 0 spiro atoms. The summed E-state index contributed by atoms with van der Waals surface area (Å²) in [7, 11) is 1.57. The molecule has 0 bridgehead atoms. The Balaban J connectivity index is 2.47. The maximum Gasteiger partial charge on any atom is 0.208 e. The van der Waals surface area contributed by atoms with Gasteiger partial charge in [-0.25, -0.2) is 4.98 Å². The molecule has 0 aliphatic heterocycles. The molecule has 2 rings (SSSR count). The Kier molecular flexibility index (Phi) is 3.24. The first-order chi connectivity index (χ1) is 8.13. The van der Waals surface area contributed by atoms with Gasteiger partial charge in [0.15, 0.2) is 0 Å². The van der Waals surface area contributed by atoms with Crippen molar-refractivity contribution in [3.8, 4) is 5.75 Å². The maximum absolute atomic E-state index is 12.4. The summed E-state index contributed by atoms with van der Waals surface area (Å²) in [5, 5.41) is 0.903. The van der Waals surface area contributed by atoms with Crippen molar-refractivity contribution in [3.05, 3.63) is 45.4 Å². The summed E-state index contributed by atoms with van der Waals surface area (Å²) in [6, 6.07) is 7.24. The van der Waals surface area contributed by atoms with E-state index in [0.29, 0.717) is 16.2 Å². The number of methoxy groups -OCH3 is 1. The molecular formula is C13H13NO2S. The number of carbonyl (C=O) groups is 1. The average molecular weight is 247 g/mol. The van der Waals surface area contributed by atoms with E-state index in [4.69, 9.17) is 4.74 Å². The van der Waals surface area contributed by atoms with E-state index in [2.05, 4.69) is 4.98 Å². The molecule has 88 valence electrons.